The van der Waals surface area contributed by atoms with E-state index in [1.807, 2.05) is 6.92 Å². The maximum absolute atomic E-state index is 13.8. The van der Waals surface area contributed by atoms with E-state index in [0.29, 0.717) is 11.3 Å². The van der Waals surface area contributed by atoms with E-state index in [4.69, 9.17) is 9.05 Å². The van der Waals surface area contributed by atoms with E-state index in [1.165, 1.54) is 13.8 Å². The van der Waals surface area contributed by atoms with Gasteiger partial charge in [-0.15, -0.1) is 0 Å². The number of rotatable bonds is 6. The first-order chi connectivity index (χ1) is 11.6. The SMILES string of the molecule is CCOP(=O)(OCC)c1ncn(-c2ccc(C)cc2C)c1C(F)(F)F. The standard InChI is InChI=1S/C16H20F3N2O3P/c1-5-23-25(22,24-6-2)15-14(16(17,18)19)21(10-20-15)13-8-7-11(3)9-12(13)4/h7-10H,5-6H2,1-4H3. The number of hydrogen-bond acceptors (Lipinski definition) is 4. The van der Waals surface area contributed by atoms with Crippen LogP contribution < -0.4 is 5.44 Å². The van der Waals surface area contributed by atoms with E-state index in [-0.39, 0.29) is 13.2 Å². The zero-order valence-electron chi connectivity index (χ0n) is 14.4. The fourth-order valence-corrected chi connectivity index (χ4v) is 4.25. The van der Waals surface area contributed by atoms with E-state index >= 15 is 0 Å². The minimum absolute atomic E-state index is 0.0645. The second-order valence-electron chi connectivity index (χ2n) is 5.41. The summed E-state index contributed by atoms with van der Waals surface area (Å²) in [6, 6.07) is 5.03. The van der Waals surface area contributed by atoms with Gasteiger partial charge < -0.3 is 9.05 Å². The third-order valence-corrected chi connectivity index (χ3v) is 5.53. The highest BCUT2D eigenvalue weighted by atomic mass is 31.2. The highest BCUT2D eigenvalue weighted by Crippen LogP contribution is 2.49. The number of benzene rings is 1. The Bertz CT molecular complexity index is 792. The zero-order valence-corrected chi connectivity index (χ0v) is 15.3. The molecule has 0 saturated carbocycles. The van der Waals surface area contributed by atoms with Crippen molar-refractivity contribution in [3.8, 4) is 5.69 Å². The molecule has 0 unspecified atom stereocenters. The fraction of sp³-hybridized carbons (Fsp3) is 0.438. The molecule has 1 aromatic heterocycles. The van der Waals surface area contributed by atoms with Crippen molar-refractivity contribution in [2.24, 2.45) is 0 Å². The quantitative estimate of drug-likeness (QED) is 0.702. The van der Waals surface area contributed by atoms with Gasteiger partial charge in [-0.25, -0.2) is 4.98 Å². The molecule has 2 rings (SSSR count). The predicted molar refractivity (Wildman–Crippen MR) is 88.5 cm³/mol. The topological polar surface area (TPSA) is 53.4 Å². The van der Waals surface area contributed by atoms with Crippen LogP contribution in [0.2, 0.25) is 0 Å². The van der Waals surface area contributed by atoms with Crippen molar-refractivity contribution < 1.29 is 26.8 Å². The molecule has 0 amide bonds. The molecule has 0 atom stereocenters. The molecule has 9 heteroatoms. The molecule has 0 spiro atoms. The Morgan fingerprint density at radius 2 is 1.76 bits per heavy atom. The summed E-state index contributed by atoms with van der Waals surface area (Å²) in [5, 5.41) is 0. The van der Waals surface area contributed by atoms with E-state index in [2.05, 4.69) is 4.98 Å². The monoisotopic (exact) mass is 376 g/mol. The van der Waals surface area contributed by atoms with Crippen LogP contribution in [0.4, 0.5) is 13.2 Å². The van der Waals surface area contributed by atoms with Gasteiger partial charge in [0.25, 0.3) is 0 Å². The van der Waals surface area contributed by atoms with Crippen LogP contribution in [0.25, 0.3) is 5.69 Å². The fourth-order valence-electron chi connectivity index (χ4n) is 2.56. The molecular weight excluding hydrogens is 356 g/mol. The van der Waals surface area contributed by atoms with E-state index in [9.17, 15) is 17.7 Å². The summed E-state index contributed by atoms with van der Waals surface area (Å²) in [5.41, 5.74) is -0.00821. The summed E-state index contributed by atoms with van der Waals surface area (Å²) in [7, 11) is -4.18. The Hall–Kier alpha value is -1.63. The van der Waals surface area contributed by atoms with Crippen molar-refractivity contribution in [3.63, 3.8) is 0 Å². The minimum Gasteiger partial charge on any atom is -0.304 e. The van der Waals surface area contributed by atoms with Crippen LogP contribution >= 0.6 is 7.60 Å². The molecule has 5 nitrogen and oxygen atoms in total. The lowest BCUT2D eigenvalue weighted by Crippen LogP contribution is -2.25. The number of alkyl halides is 3. The third-order valence-electron chi connectivity index (χ3n) is 3.49. The second kappa shape index (κ2) is 7.32. The average Bonchev–Trinajstić information content (AvgIpc) is 2.93. The van der Waals surface area contributed by atoms with Crippen molar-refractivity contribution >= 4 is 13.0 Å². The van der Waals surface area contributed by atoms with E-state index in [1.54, 1.807) is 25.1 Å². The van der Waals surface area contributed by atoms with Crippen LogP contribution in [-0.2, 0) is 19.8 Å². The zero-order chi connectivity index (χ0) is 18.8. The molecule has 0 radical (unpaired) electrons. The van der Waals surface area contributed by atoms with Gasteiger partial charge in [0.15, 0.2) is 11.1 Å². The summed E-state index contributed by atoms with van der Waals surface area (Å²) in [5.74, 6) is 0. The molecule has 25 heavy (non-hydrogen) atoms. The Labute approximate surface area is 144 Å². The number of aryl methyl sites for hydroxylation is 2. The molecular formula is C16H20F3N2O3P. The summed E-state index contributed by atoms with van der Waals surface area (Å²) >= 11 is 0. The van der Waals surface area contributed by atoms with Crippen LogP contribution in [0.1, 0.15) is 30.7 Å². The Morgan fingerprint density at radius 1 is 1.16 bits per heavy atom. The molecule has 0 aliphatic carbocycles. The highest BCUT2D eigenvalue weighted by Gasteiger charge is 2.46. The van der Waals surface area contributed by atoms with E-state index < -0.39 is 24.9 Å². The number of hydrogen-bond donors (Lipinski definition) is 0. The Morgan fingerprint density at radius 3 is 2.24 bits per heavy atom. The normalized spacial score (nSPS) is 12.6. The molecule has 2 aromatic rings. The number of aromatic nitrogens is 2. The van der Waals surface area contributed by atoms with Crippen molar-refractivity contribution in [2.75, 3.05) is 13.2 Å². The van der Waals surface area contributed by atoms with Gasteiger partial charge in [-0.1, -0.05) is 17.7 Å². The van der Waals surface area contributed by atoms with Crippen molar-refractivity contribution in [1.82, 2.24) is 9.55 Å². The number of nitrogens with zero attached hydrogens (tertiary/aromatic N) is 2. The summed E-state index contributed by atoms with van der Waals surface area (Å²) < 4.78 is 65.1. The maximum atomic E-state index is 13.8. The predicted octanol–water partition coefficient (Wildman–Crippen LogP) is 4.40. The smallest absolute Gasteiger partial charge is 0.304 e. The van der Waals surface area contributed by atoms with Gasteiger partial charge in [0, 0.05) is 0 Å². The van der Waals surface area contributed by atoms with Crippen LogP contribution in [0.15, 0.2) is 24.5 Å². The number of imidazole rings is 1. The first kappa shape index (κ1) is 19.7. The summed E-state index contributed by atoms with van der Waals surface area (Å²) in [6.07, 6.45) is -3.78. The maximum Gasteiger partial charge on any atom is 0.434 e. The van der Waals surface area contributed by atoms with Gasteiger partial charge >= 0.3 is 13.8 Å². The summed E-state index contributed by atoms with van der Waals surface area (Å²) in [4.78, 5) is 3.76. The van der Waals surface area contributed by atoms with Crippen molar-refractivity contribution in [2.45, 2.75) is 33.9 Å². The molecule has 0 fully saturated rings. The van der Waals surface area contributed by atoms with Gasteiger partial charge in [0.05, 0.1) is 18.9 Å². The number of halogens is 3. The van der Waals surface area contributed by atoms with Gasteiger partial charge in [-0.2, -0.15) is 13.2 Å². The lowest BCUT2D eigenvalue weighted by atomic mass is 10.1. The molecule has 1 aromatic carbocycles. The minimum atomic E-state index is -4.78. The van der Waals surface area contributed by atoms with Crippen LogP contribution in [0.3, 0.4) is 0 Å². The van der Waals surface area contributed by atoms with Crippen LogP contribution in [0.5, 0.6) is 0 Å². The molecule has 0 aliphatic rings. The first-order valence-electron chi connectivity index (χ1n) is 7.76. The van der Waals surface area contributed by atoms with Crippen molar-refractivity contribution in [1.29, 1.82) is 0 Å². The molecule has 1 heterocycles. The third kappa shape index (κ3) is 3.97. The van der Waals surface area contributed by atoms with Crippen LogP contribution in [0, 0.1) is 13.8 Å². The molecule has 0 aliphatic heterocycles. The summed E-state index contributed by atoms with van der Waals surface area (Å²) in [6.45, 7) is 6.47. The van der Waals surface area contributed by atoms with Crippen molar-refractivity contribution in [3.05, 3.63) is 41.3 Å². The van der Waals surface area contributed by atoms with E-state index in [0.717, 1.165) is 16.5 Å². The lowest BCUT2D eigenvalue weighted by molar-refractivity contribution is -0.141. The Balaban J connectivity index is 2.73. The Kier molecular flexibility index (Phi) is 5.76. The molecule has 0 bridgehead atoms. The molecule has 138 valence electrons. The van der Waals surface area contributed by atoms with Gasteiger partial charge in [-0.05, 0) is 39.3 Å². The average molecular weight is 376 g/mol. The van der Waals surface area contributed by atoms with Gasteiger partial charge in [-0.3, -0.25) is 9.13 Å². The van der Waals surface area contributed by atoms with Crippen LogP contribution in [-0.4, -0.2) is 22.8 Å². The molecule has 0 N–H and O–H groups in total. The second-order valence-corrected chi connectivity index (χ2v) is 7.34. The lowest BCUT2D eigenvalue weighted by Gasteiger charge is -2.19. The molecule has 0 saturated heterocycles. The highest BCUT2D eigenvalue weighted by molar-refractivity contribution is 7.62. The first-order valence-corrected chi connectivity index (χ1v) is 9.30. The van der Waals surface area contributed by atoms with Gasteiger partial charge in [0.2, 0.25) is 0 Å². The largest absolute Gasteiger partial charge is 0.434 e. The van der Waals surface area contributed by atoms with Gasteiger partial charge in [0.1, 0.15) is 6.33 Å².